The molecule has 0 bridgehead atoms. The predicted molar refractivity (Wildman–Crippen MR) is 77.7 cm³/mol. The average Bonchev–Trinajstić information content (AvgIpc) is 3.05. The van der Waals surface area contributed by atoms with Gasteiger partial charge in [-0.05, 0) is 5.92 Å². The fraction of sp³-hybridized carbons (Fsp3) is 0.867. The Morgan fingerprint density at radius 3 is 2.43 bits per heavy atom. The predicted octanol–water partition coefficient (Wildman–Crippen LogP) is -0.214. The van der Waals surface area contributed by atoms with Crippen LogP contribution in [0.4, 0.5) is 0 Å². The molecule has 6 nitrogen and oxygen atoms in total. The highest BCUT2D eigenvalue weighted by molar-refractivity contribution is 5.77. The second kappa shape index (κ2) is 5.93. The number of hydrogen-bond donors (Lipinski definition) is 0. The van der Waals surface area contributed by atoms with Crippen molar-refractivity contribution in [1.82, 2.24) is 14.7 Å². The molecule has 0 aliphatic carbocycles. The van der Waals surface area contributed by atoms with Gasteiger partial charge in [0.05, 0.1) is 6.61 Å². The topological polar surface area (TPSA) is 53.1 Å². The molecule has 0 radical (unpaired) electrons. The van der Waals surface area contributed by atoms with Gasteiger partial charge in [0.1, 0.15) is 6.04 Å². The summed E-state index contributed by atoms with van der Waals surface area (Å²) in [4.78, 5) is 29.9. The Balaban J connectivity index is 1.57. The van der Waals surface area contributed by atoms with Gasteiger partial charge in [-0.3, -0.25) is 19.4 Å². The lowest BCUT2D eigenvalue weighted by atomic mass is 10.0. The summed E-state index contributed by atoms with van der Waals surface area (Å²) in [6.07, 6.45) is 0.830. The number of esters is 1. The van der Waals surface area contributed by atoms with Gasteiger partial charge in [-0.1, -0.05) is 6.92 Å². The molecule has 0 aromatic carbocycles. The Kier molecular flexibility index (Phi) is 4.17. The van der Waals surface area contributed by atoms with Crippen LogP contribution in [0.1, 0.15) is 20.3 Å². The molecule has 3 aliphatic rings. The number of cyclic esters (lactones) is 1. The third-order valence-electron chi connectivity index (χ3n) is 5.18. The minimum absolute atomic E-state index is 0.0315. The Labute approximate surface area is 126 Å². The third-order valence-corrected chi connectivity index (χ3v) is 5.18. The second-order valence-corrected chi connectivity index (χ2v) is 6.51. The molecule has 0 aromatic heterocycles. The van der Waals surface area contributed by atoms with Crippen molar-refractivity contribution in [3.63, 3.8) is 0 Å². The first-order chi connectivity index (χ1) is 10.1. The molecule has 3 saturated heterocycles. The fourth-order valence-electron chi connectivity index (χ4n) is 3.90. The van der Waals surface area contributed by atoms with Crippen LogP contribution in [-0.2, 0) is 14.3 Å². The molecule has 3 rings (SSSR count). The first kappa shape index (κ1) is 14.8. The molecule has 3 unspecified atom stereocenters. The van der Waals surface area contributed by atoms with Crippen molar-refractivity contribution in [1.29, 1.82) is 0 Å². The highest BCUT2D eigenvalue weighted by Gasteiger charge is 2.42. The van der Waals surface area contributed by atoms with E-state index in [0.717, 1.165) is 45.7 Å². The minimum atomic E-state index is -0.0516. The van der Waals surface area contributed by atoms with Crippen molar-refractivity contribution in [2.24, 2.45) is 5.92 Å². The normalized spacial score (nSPS) is 35.2. The number of likely N-dealkylation sites (tertiary alicyclic amines) is 1. The van der Waals surface area contributed by atoms with Gasteiger partial charge in [0.25, 0.3) is 0 Å². The highest BCUT2D eigenvalue weighted by Crippen LogP contribution is 2.27. The zero-order valence-corrected chi connectivity index (χ0v) is 13.0. The zero-order chi connectivity index (χ0) is 15.0. The average molecular weight is 295 g/mol. The summed E-state index contributed by atoms with van der Waals surface area (Å²) in [5, 5.41) is 0. The Bertz CT molecular complexity index is 420. The molecule has 3 atom stereocenters. The molecule has 3 fully saturated rings. The second-order valence-electron chi connectivity index (χ2n) is 6.51. The molecule has 1 amide bonds. The van der Waals surface area contributed by atoms with Crippen LogP contribution in [0, 0.1) is 5.92 Å². The van der Waals surface area contributed by atoms with Gasteiger partial charge in [0.2, 0.25) is 5.91 Å². The fourth-order valence-corrected chi connectivity index (χ4v) is 3.90. The van der Waals surface area contributed by atoms with E-state index in [0.29, 0.717) is 18.6 Å². The van der Waals surface area contributed by atoms with Crippen LogP contribution < -0.4 is 0 Å². The molecule has 6 heteroatoms. The number of ether oxygens (including phenoxy) is 1. The van der Waals surface area contributed by atoms with Gasteiger partial charge in [-0.25, -0.2) is 0 Å². The Hall–Kier alpha value is -1.14. The zero-order valence-electron chi connectivity index (χ0n) is 13.0. The van der Waals surface area contributed by atoms with Crippen molar-refractivity contribution < 1.29 is 14.3 Å². The minimum Gasteiger partial charge on any atom is -0.464 e. The molecule has 3 aliphatic heterocycles. The van der Waals surface area contributed by atoms with Gasteiger partial charge >= 0.3 is 5.97 Å². The molecule has 0 aromatic rings. The monoisotopic (exact) mass is 295 g/mol. The first-order valence-electron chi connectivity index (χ1n) is 7.96. The van der Waals surface area contributed by atoms with Crippen molar-refractivity contribution in [2.45, 2.75) is 32.4 Å². The van der Waals surface area contributed by atoms with E-state index >= 15 is 0 Å². The highest BCUT2D eigenvalue weighted by atomic mass is 16.5. The van der Waals surface area contributed by atoms with Crippen LogP contribution in [0.2, 0.25) is 0 Å². The Morgan fingerprint density at radius 1 is 1.14 bits per heavy atom. The van der Waals surface area contributed by atoms with E-state index in [4.69, 9.17) is 4.74 Å². The number of carbonyl (C=O) groups is 2. The van der Waals surface area contributed by atoms with Gasteiger partial charge in [0.15, 0.2) is 0 Å². The van der Waals surface area contributed by atoms with Crippen LogP contribution in [0.25, 0.3) is 0 Å². The van der Waals surface area contributed by atoms with Crippen LogP contribution in [0.5, 0.6) is 0 Å². The van der Waals surface area contributed by atoms with E-state index in [9.17, 15) is 9.59 Å². The van der Waals surface area contributed by atoms with Crippen LogP contribution in [0.15, 0.2) is 0 Å². The van der Waals surface area contributed by atoms with Crippen molar-refractivity contribution in [3.8, 4) is 0 Å². The van der Waals surface area contributed by atoms with Crippen molar-refractivity contribution in [3.05, 3.63) is 0 Å². The van der Waals surface area contributed by atoms with Crippen LogP contribution in [0.3, 0.4) is 0 Å². The summed E-state index contributed by atoms with van der Waals surface area (Å²) in [6.45, 7) is 9.92. The van der Waals surface area contributed by atoms with E-state index in [1.54, 1.807) is 6.92 Å². The maximum absolute atomic E-state index is 11.7. The molecule has 21 heavy (non-hydrogen) atoms. The van der Waals surface area contributed by atoms with Crippen LogP contribution >= 0.6 is 0 Å². The number of hydrogen-bond acceptors (Lipinski definition) is 5. The molecular weight excluding hydrogens is 270 g/mol. The lowest BCUT2D eigenvalue weighted by molar-refractivity contribution is -0.142. The van der Waals surface area contributed by atoms with Gasteiger partial charge in [0, 0.05) is 58.7 Å². The van der Waals surface area contributed by atoms with Gasteiger partial charge in [-0.2, -0.15) is 0 Å². The number of nitrogens with zero attached hydrogens (tertiary/aromatic N) is 3. The molecule has 118 valence electrons. The maximum atomic E-state index is 11.7. The lowest BCUT2D eigenvalue weighted by Gasteiger charge is -2.39. The number of piperazine rings is 1. The lowest BCUT2D eigenvalue weighted by Crippen LogP contribution is -2.53. The van der Waals surface area contributed by atoms with E-state index in [1.165, 1.54) is 0 Å². The summed E-state index contributed by atoms with van der Waals surface area (Å²) in [7, 11) is 0. The number of rotatable bonds is 2. The first-order valence-corrected chi connectivity index (χ1v) is 7.96. The van der Waals surface area contributed by atoms with E-state index in [2.05, 4.69) is 16.7 Å². The smallest absolute Gasteiger partial charge is 0.323 e. The SMILES string of the molecule is CC(=O)N1CCN(C2CN(C3CCOC3=O)CC2C)CC1. The van der Waals surface area contributed by atoms with E-state index < -0.39 is 0 Å². The summed E-state index contributed by atoms with van der Waals surface area (Å²) >= 11 is 0. The maximum Gasteiger partial charge on any atom is 0.323 e. The molecule has 3 heterocycles. The van der Waals surface area contributed by atoms with E-state index in [-0.39, 0.29) is 17.9 Å². The largest absolute Gasteiger partial charge is 0.464 e. The molecule has 0 N–H and O–H groups in total. The summed E-state index contributed by atoms with van der Waals surface area (Å²) in [5.41, 5.74) is 0. The molecule has 0 saturated carbocycles. The summed E-state index contributed by atoms with van der Waals surface area (Å²) < 4.78 is 5.10. The van der Waals surface area contributed by atoms with Gasteiger partial charge in [-0.15, -0.1) is 0 Å². The third kappa shape index (κ3) is 2.92. The molecular formula is C15H25N3O3. The number of carbonyl (C=O) groups excluding carboxylic acids is 2. The van der Waals surface area contributed by atoms with Gasteiger partial charge < -0.3 is 9.64 Å². The quantitative estimate of drug-likeness (QED) is 0.660. The van der Waals surface area contributed by atoms with E-state index in [1.807, 2.05) is 4.90 Å². The van der Waals surface area contributed by atoms with Crippen LogP contribution in [-0.4, -0.2) is 84.5 Å². The van der Waals surface area contributed by atoms with Crippen molar-refractivity contribution >= 4 is 11.9 Å². The van der Waals surface area contributed by atoms with Crippen molar-refractivity contribution in [2.75, 3.05) is 45.9 Å². The molecule has 0 spiro atoms. The summed E-state index contributed by atoms with van der Waals surface area (Å²) in [5.74, 6) is 0.677. The number of amides is 1. The Morgan fingerprint density at radius 2 is 1.86 bits per heavy atom. The standard InChI is InChI=1S/C15H25N3O3/c1-11-9-18(13-3-8-21-15(13)20)10-14(11)17-6-4-16(5-7-17)12(2)19/h11,13-14H,3-10H2,1-2H3. The summed E-state index contributed by atoms with van der Waals surface area (Å²) in [6, 6.07) is 0.462.